The van der Waals surface area contributed by atoms with Gasteiger partial charge >= 0.3 is 0 Å². The predicted molar refractivity (Wildman–Crippen MR) is 108 cm³/mol. The lowest BCUT2D eigenvalue weighted by molar-refractivity contribution is 0.619. The molecule has 0 spiro atoms. The Labute approximate surface area is 159 Å². The molecule has 0 fully saturated rings. The van der Waals surface area contributed by atoms with Gasteiger partial charge in [-0.2, -0.15) is 5.10 Å². The van der Waals surface area contributed by atoms with E-state index in [1.807, 2.05) is 36.8 Å². The van der Waals surface area contributed by atoms with Crippen molar-refractivity contribution >= 4 is 49.5 Å². The maximum Gasteiger partial charge on any atom is 0.271 e. The summed E-state index contributed by atoms with van der Waals surface area (Å²) in [6.07, 6.45) is 5.38. The molecule has 0 saturated carbocycles. The molecule has 9 heteroatoms. The number of nitrogens with one attached hydrogen (secondary N) is 2. The van der Waals surface area contributed by atoms with Gasteiger partial charge in [-0.25, -0.2) is 12.4 Å². The lowest BCUT2D eigenvalue weighted by Crippen LogP contribution is -2.12. The van der Waals surface area contributed by atoms with Crippen LogP contribution in [0.5, 0.6) is 0 Å². The van der Waals surface area contributed by atoms with Gasteiger partial charge < -0.3 is 9.30 Å². The smallest absolute Gasteiger partial charge is 0.271 e. The number of hydrogen-bond donors (Lipinski definition) is 2. The molecule has 7 nitrogen and oxygen atoms in total. The van der Waals surface area contributed by atoms with E-state index in [0.29, 0.717) is 22.6 Å². The van der Waals surface area contributed by atoms with Gasteiger partial charge in [0, 0.05) is 31.2 Å². The second-order valence-corrected chi connectivity index (χ2v) is 7.18. The highest BCUT2D eigenvalue weighted by atomic mass is 127. The van der Waals surface area contributed by atoms with Gasteiger partial charge in [0.2, 0.25) is 0 Å². The fourth-order valence-corrected chi connectivity index (χ4v) is 3.76. The molecule has 0 saturated heterocycles. The van der Waals surface area contributed by atoms with Crippen LogP contribution >= 0.6 is 21.5 Å². The Balaban J connectivity index is 1.98. The largest absolute Gasteiger partial charge is 0.374 e. The number of H-pyrrole nitrogens is 1. The Bertz CT molecular complexity index is 1150. The zero-order valence-electron chi connectivity index (χ0n) is 14.3. The van der Waals surface area contributed by atoms with E-state index in [1.165, 1.54) is 0 Å². The van der Waals surface area contributed by atoms with Crippen molar-refractivity contribution in [2.24, 2.45) is 0 Å². The fraction of sp³-hybridized carbons (Fsp3) is 0.176. The minimum Gasteiger partial charge on any atom is -0.374 e. The maximum absolute atomic E-state index is 15.1. The fourth-order valence-electron chi connectivity index (χ4n) is 3.27. The number of imidazole rings is 1. The van der Waals surface area contributed by atoms with E-state index >= 15 is 4.39 Å². The molecule has 3 heterocycles. The number of rotatable bonds is 4. The van der Waals surface area contributed by atoms with Gasteiger partial charge in [-0.1, -0.05) is 0 Å². The first kappa shape index (κ1) is 16.9. The van der Waals surface area contributed by atoms with Gasteiger partial charge in [-0.05, 0) is 30.2 Å². The molecule has 0 atom stereocenters. The second-order valence-electron chi connectivity index (χ2n) is 6.20. The average molecular weight is 466 g/mol. The minimum atomic E-state index is -1.34. The van der Waals surface area contributed by atoms with Crippen molar-refractivity contribution in [3.63, 3.8) is 0 Å². The molecule has 0 aliphatic heterocycles. The van der Waals surface area contributed by atoms with Crippen LogP contribution in [0.1, 0.15) is 5.56 Å². The lowest BCUT2D eigenvalue weighted by atomic mass is 9.96. The van der Waals surface area contributed by atoms with Crippen LogP contribution < -0.4 is 8.43 Å². The van der Waals surface area contributed by atoms with E-state index in [9.17, 15) is 3.07 Å². The third-order valence-corrected chi connectivity index (χ3v) is 5.15. The Hall–Kier alpha value is -2.56. The van der Waals surface area contributed by atoms with Gasteiger partial charge in [-0.3, -0.25) is 8.63 Å². The average Bonchev–Trinajstić information content (AvgIpc) is 3.21. The molecule has 2 N–H and O–H groups in total. The van der Waals surface area contributed by atoms with Gasteiger partial charge in [-0.15, -0.1) is 0 Å². The molecule has 0 bridgehead atoms. The van der Waals surface area contributed by atoms with Crippen molar-refractivity contribution < 1.29 is 7.46 Å². The highest BCUT2D eigenvalue weighted by Crippen LogP contribution is 2.39. The molecule has 134 valence electrons. The third-order valence-electron chi connectivity index (χ3n) is 4.38. The molecule has 0 unspecified atom stereocenters. The van der Waals surface area contributed by atoms with Gasteiger partial charge in [0.15, 0.2) is 11.6 Å². The molecule has 3 aromatic heterocycles. The molecule has 0 aliphatic rings. The molecular weight excluding hydrogens is 450 g/mol. The van der Waals surface area contributed by atoms with Crippen molar-refractivity contribution in [1.82, 2.24) is 19.6 Å². The zero-order chi connectivity index (χ0) is 18.4. The van der Waals surface area contributed by atoms with Crippen LogP contribution in [-0.2, 0) is 3.07 Å². The van der Waals surface area contributed by atoms with Crippen LogP contribution in [0.25, 0.3) is 27.7 Å². The molecule has 0 radical (unpaired) electrons. The molecule has 0 aliphatic carbocycles. The van der Waals surface area contributed by atoms with Crippen LogP contribution in [0, 0.1) is 12.7 Å². The minimum absolute atomic E-state index is 0.272. The van der Waals surface area contributed by atoms with E-state index in [0.717, 1.165) is 22.2 Å². The Morgan fingerprint density at radius 1 is 1.31 bits per heavy atom. The first-order valence-corrected chi connectivity index (χ1v) is 9.81. The molecular formula is C17H16FIN6O. The number of pyridine rings is 1. The van der Waals surface area contributed by atoms with Crippen molar-refractivity contribution in [2.45, 2.75) is 6.92 Å². The summed E-state index contributed by atoms with van der Waals surface area (Å²) >= 11 is -1.34. The number of aromatic amines is 1. The number of anilines is 2. The topological polar surface area (TPSA) is 78.3 Å². The van der Waals surface area contributed by atoms with Crippen LogP contribution in [0.2, 0.25) is 0 Å². The molecule has 26 heavy (non-hydrogen) atoms. The summed E-state index contributed by atoms with van der Waals surface area (Å²) in [5, 5.41) is 7.90. The van der Waals surface area contributed by atoms with Gasteiger partial charge in [0.1, 0.15) is 5.65 Å². The predicted octanol–water partition coefficient (Wildman–Crippen LogP) is 4.03. The first-order valence-electron chi connectivity index (χ1n) is 7.85. The van der Waals surface area contributed by atoms with Gasteiger partial charge in [0.25, 0.3) is 21.5 Å². The summed E-state index contributed by atoms with van der Waals surface area (Å²) in [7, 11) is 3.62. The summed E-state index contributed by atoms with van der Waals surface area (Å²) in [6.45, 7) is 1.77. The van der Waals surface area contributed by atoms with E-state index in [-0.39, 0.29) is 5.82 Å². The summed E-state index contributed by atoms with van der Waals surface area (Å²) in [6, 6.07) is 3.76. The zero-order valence-corrected chi connectivity index (χ0v) is 16.5. The summed E-state index contributed by atoms with van der Waals surface area (Å²) in [5.41, 5.74) is 4.08. The van der Waals surface area contributed by atoms with Gasteiger partial charge in [0.05, 0.1) is 23.6 Å². The van der Waals surface area contributed by atoms with Crippen molar-refractivity contribution in [2.75, 3.05) is 22.5 Å². The van der Waals surface area contributed by atoms with Crippen LogP contribution in [0.3, 0.4) is 0 Å². The molecule has 0 amide bonds. The lowest BCUT2D eigenvalue weighted by Gasteiger charge is -2.19. The van der Waals surface area contributed by atoms with E-state index in [1.54, 1.807) is 24.2 Å². The Morgan fingerprint density at radius 2 is 2.12 bits per heavy atom. The highest BCUT2D eigenvalue weighted by molar-refractivity contribution is 14.1. The molecule has 4 aromatic rings. The first-order chi connectivity index (χ1) is 12.5. The maximum atomic E-state index is 15.1. The number of fused-ring (bicyclic) bond motifs is 2. The van der Waals surface area contributed by atoms with E-state index in [2.05, 4.69) is 18.7 Å². The van der Waals surface area contributed by atoms with E-state index in [4.69, 9.17) is 0 Å². The Kier molecular flexibility index (Phi) is 4.10. The van der Waals surface area contributed by atoms with Crippen molar-refractivity contribution in [1.29, 1.82) is 0 Å². The van der Waals surface area contributed by atoms with Crippen LogP contribution in [-0.4, -0.2) is 33.7 Å². The van der Waals surface area contributed by atoms with Crippen molar-refractivity contribution in [3.05, 3.63) is 42.1 Å². The number of halogens is 2. The highest BCUT2D eigenvalue weighted by Gasteiger charge is 2.21. The molecule has 4 rings (SSSR count). The van der Waals surface area contributed by atoms with Crippen LogP contribution in [0.4, 0.5) is 15.9 Å². The third kappa shape index (κ3) is 2.54. The summed E-state index contributed by atoms with van der Waals surface area (Å²) in [4.78, 5) is 6.09. The number of nitrogens with zero attached hydrogens (tertiary/aromatic N) is 4. The monoisotopic (exact) mass is 466 g/mol. The standard InChI is InChI=1S/C17H16FIN6O/c1-9-14(11-6-20-23-16(11)17(15(9)18)24(2)3)10-4-5-13-21-12(22-19-26)8-25(13)7-10/h4-8H,1-3H3,(H,20,23)(H,22,26). The number of benzene rings is 1. The van der Waals surface area contributed by atoms with Crippen molar-refractivity contribution in [3.8, 4) is 11.1 Å². The summed E-state index contributed by atoms with van der Waals surface area (Å²) in [5.74, 6) is 0.287. The second kappa shape index (κ2) is 6.31. The SMILES string of the molecule is Cc1c(F)c(N(C)C)c2[nH]ncc2c1-c1ccc2nc(NI=O)cn2c1. The normalized spacial score (nSPS) is 11.4. The quantitative estimate of drug-likeness (QED) is 0.351. The van der Waals surface area contributed by atoms with Crippen LogP contribution in [0.15, 0.2) is 30.7 Å². The summed E-state index contributed by atoms with van der Waals surface area (Å²) < 4.78 is 30.5. The molecule has 1 aromatic carbocycles. The van der Waals surface area contributed by atoms with E-state index < -0.39 is 21.5 Å². The number of hydrogen-bond acceptors (Lipinski definition) is 4. The Morgan fingerprint density at radius 3 is 2.85 bits per heavy atom. The number of aromatic nitrogens is 4.